The Morgan fingerprint density at radius 3 is 2.79 bits per heavy atom. The fourth-order valence-corrected chi connectivity index (χ4v) is 6.22. The maximum absolute atomic E-state index is 12.6. The number of rotatable bonds is 3. The Morgan fingerprint density at radius 1 is 1.58 bits per heavy atom. The van der Waals surface area contributed by atoms with Crippen LogP contribution in [0.1, 0.15) is 25.3 Å². The average molecular weight is 367 g/mol. The Kier molecular flexibility index (Phi) is 4.72. The first-order chi connectivity index (χ1) is 8.82. The van der Waals surface area contributed by atoms with Crippen molar-refractivity contribution in [2.75, 3.05) is 13.1 Å². The van der Waals surface area contributed by atoms with Crippen LogP contribution in [0.4, 0.5) is 0 Å². The number of sulfonamides is 1. The molecule has 1 aromatic rings. The summed E-state index contributed by atoms with van der Waals surface area (Å²) in [5, 5.41) is 0. The van der Waals surface area contributed by atoms with E-state index in [9.17, 15) is 8.42 Å². The number of piperidine rings is 1. The molecule has 108 valence electrons. The molecule has 2 atom stereocenters. The minimum absolute atomic E-state index is 0.0369. The summed E-state index contributed by atoms with van der Waals surface area (Å²) in [6, 6.07) is 1.77. The summed E-state index contributed by atoms with van der Waals surface area (Å²) in [6.45, 7) is 4.99. The molecule has 4 nitrogen and oxygen atoms in total. The van der Waals surface area contributed by atoms with Gasteiger partial charge in [0, 0.05) is 19.1 Å². The van der Waals surface area contributed by atoms with Crippen molar-refractivity contribution in [3.8, 4) is 0 Å². The highest BCUT2D eigenvalue weighted by Gasteiger charge is 2.32. The highest BCUT2D eigenvalue weighted by atomic mass is 79.9. The SMILES string of the molecule is Cc1cc(S(=O)(=O)N2CCC[C@H]([C@H](C)N)C2)sc1Br. The van der Waals surface area contributed by atoms with Gasteiger partial charge >= 0.3 is 0 Å². The first kappa shape index (κ1) is 15.4. The van der Waals surface area contributed by atoms with Crippen molar-refractivity contribution >= 4 is 37.3 Å². The molecule has 19 heavy (non-hydrogen) atoms. The summed E-state index contributed by atoms with van der Waals surface area (Å²) in [6.07, 6.45) is 1.90. The average Bonchev–Trinajstić information content (AvgIpc) is 2.70. The van der Waals surface area contributed by atoms with Crippen LogP contribution in [-0.2, 0) is 10.0 Å². The minimum atomic E-state index is -3.36. The molecule has 1 aromatic heterocycles. The van der Waals surface area contributed by atoms with Crippen molar-refractivity contribution in [2.24, 2.45) is 11.7 Å². The van der Waals surface area contributed by atoms with Gasteiger partial charge in [-0.1, -0.05) is 0 Å². The molecule has 0 bridgehead atoms. The van der Waals surface area contributed by atoms with E-state index in [0.717, 1.165) is 22.2 Å². The van der Waals surface area contributed by atoms with E-state index in [1.807, 2.05) is 13.8 Å². The molecule has 1 saturated heterocycles. The quantitative estimate of drug-likeness (QED) is 0.893. The van der Waals surface area contributed by atoms with E-state index in [0.29, 0.717) is 17.3 Å². The van der Waals surface area contributed by atoms with Crippen molar-refractivity contribution in [3.63, 3.8) is 0 Å². The summed E-state index contributed by atoms with van der Waals surface area (Å²) >= 11 is 4.66. The lowest BCUT2D eigenvalue weighted by Crippen LogP contribution is -2.44. The maximum Gasteiger partial charge on any atom is 0.252 e. The molecule has 0 radical (unpaired) electrons. The first-order valence-electron chi connectivity index (χ1n) is 6.34. The highest BCUT2D eigenvalue weighted by Crippen LogP contribution is 2.34. The third-order valence-electron chi connectivity index (χ3n) is 3.59. The molecular formula is C12H19BrN2O2S2. The van der Waals surface area contributed by atoms with Gasteiger partial charge in [0.2, 0.25) is 0 Å². The molecule has 1 fully saturated rings. The molecule has 1 aliphatic rings. The zero-order chi connectivity index (χ0) is 14.2. The Balaban J connectivity index is 2.24. The van der Waals surface area contributed by atoms with Crippen molar-refractivity contribution in [1.82, 2.24) is 4.31 Å². The van der Waals surface area contributed by atoms with Crippen molar-refractivity contribution in [3.05, 3.63) is 15.4 Å². The van der Waals surface area contributed by atoms with Gasteiger partial charge < -0.3 is 5.73 Å². The first-order valence-corrected chi connectivity index (χ1v) is 9.39. The topological polar surface area (TPSA) is 63.4 Å². The lowest BCUT2D eigenvalue weighted by Gasteiger charge is -2.33. The molecule has 1 aliphatic heterocycles. The van der Waals surface area contributed by atoms with Crippen molar-refractivity contribution in [2.45, 2.75) is 36.9 Å². The van der Waals surface area contributed by atoms with Crippen LogP contribution in [0, 0.1) is 12.8 Å². The second kappa shape index (κ2) is 5.81. The zero-order valence-corrected chi connectivity index (χ0v) is 14.3. The molecule has 0 aromatic carbocycles. The largest absolute Gasteiger partial charge is 0.328 e. The lowest BCUT2D eigenvalue weighted by atomic mass is 9.93. The summed E-state index contributed by atoms with van der Waals surface area (Å²) in [5.41, 5.74) is 6.88. The molecule has 2 N–H and O–H groups in total. The third-order valence-corrected chi connectivity index (χ3v) is 8.04. The third kappa shape index (κ3) is 3.21. The van der Waals surface area contributed by atoms with Gasteiger partial charge in [0.15, 0.2) is 0 Å². The van der Waals surface area contributed by atoms with Gasteiger partial charge in [0.25, 0.3) is 10.0 Å². The zero-order valence-electron chi connectivity index (χ0n) is 11.1. The summed E-state index contributed by atoms with van der Waals surface area (Å²) < 4.78 is 28.1. The predicted molar refractivity (Wildman–Crippen MR) is 81.9 cm³/mol. The fourth-order valence-electron chi connectivity index (χ4n) is 2.31. The summed E-state index contributed by atoms with van der Waals surface area (Å²) in [4.78, 5) is 0. The van der Waals surface area contributed by atoms with Gasteiger partial charge in [0.05, 0.1) is 3.79 Å². The Hall–Kier alpha value is 0.0500. The number of nitrogens with two attached hydrogens (primary N) is 1. The van der Waals surface area contributed by atoms with Gasteiger partial charge in [-0.05, 0) is 60.2 Å². The number of hydrogen-bond acceptors (Lipinski definition) is 4. The Bertz CT molecular complexity index is 535. The number of aryl methyl sites for hydroxylation is 1. The molecule has 0 unspecified atom stereocenters. The molecule has 0 aliphatic carbocycles. The van der Waals surface area contributed by atoms with Crippen LogP contribution in [0.3, 0.4) is 0 Å². The van der Waals surface area contributed by atoms with Crippen LogP contribution in [0.2, 0.25) is 0 Å². The lowest BCUT2D eigenvalue weighted by molar-refractivity contribution is 0.243. The van der Waals surface area contributed by atoms with E-state index < -0.39 is 10.0 Å². The molecule has 7 heteroatoms. The van der Waals surface area contributed by atoms with Crippen LogP contribution in [0.5, 0.6) is 0 Å². The highest BCUT2D eigenvalue weighted by molar-refractivity contribution is 9.11. The Labute approximate surface area is 127 Å². The second-order valence-electron chi connectivity index (χ2n) is 5.15. The molecule has 2 rings (SSSR count). The molecule has 0 saturated carbocycles. The van der Waals surface area contributed by atoms with Crippen molar-refractivity contribution in [1.29, 1.82) is 0 Å². The van der Waals surface area contributed by atoms with E-state index in [1.165, 1.54) is 11.3 Å². The van der Waals surface area contributed by atoms with E-state index >= 15 is 0 Å². The second-order valence-corrected chi connectivity index (χ2v) is 9.68. The van der Waals surface area contributed by atoms with Crippen LogP contribution in [0.25, 0.3) is 0 Å². The van der Waals surface area contributed by atoms with E-state index in [1.54, 1.807) is 10.4 Å². The smallest absolute Gasteiger partial charge is 0.252 e. The minimum Gasteiger partial charge on any atom is -0.328 e. The fraction of sp³-hybridized carbons (Fsp3) is 0.667. The Morgan fingerprint density at radius 2 is 2.26 bits per heavy atom. The van der Waals surface area contributed by atoms with Crippen LogP contribution in [0.15, 0.2) is 14.1 Å². The maximum atomic E-state index is 12.6. The van der Waals surface area contributed by atoms with Gasteiger partial charge in [0.1, 0.15) is 4.21 Å². The van der Waals surface area contributed by atoms with E-state index in [-0.39, 0.29) is 12.0 Å². The van der Waals surface area contributed by atoms with Gasteiger partial charge in [-0.3, -0.25) is 0 Å². The number of thiophene rings is 1. The predicted octanol–water partition coefficient (Wildman–Crippen LogP) is 2.57. The molecular weight excluding hydrogens is 348 g/mol. The van der Waals surface area contributed by atoms with Crippen LogP contribution >= 0.6 is 27.3 Å². The molecule has 0 amide bonds. The summed E-state index contributed by atoms with van der Waals surface area (Å²) in [7, 11) is -3.36. The van der Waals surface area contributed by atoms with Gasteiger partial charge in [-0.15, -0.1) is 11.3 Å². The number of nitrogens with zero attached hydrogens (tertiary/aromatic N) is 1. The monoisotopic (exact) mass is 366 g/mol. The number of halogens is 1. The molecule has 0 spiro atoms. The van der Waals surface area contributed by atoms with Crippen molar-refractivity contribution < 1.29 is 8.42 Å². The summed E-state index contributed by atoms with van der Waals surface area (Å²) in [5.74, 6) is 0.257. The van der Waals surface area contributed by atoms with Gasteiger partial charge in [-0.25, -0.2) is 8.42 Å². The van der Waals surface area contributed by atoms with Crippen LogP contribution in [-0.4, -0.2) is 31.9 Å². The normalized spacial score (nSPS) is 23.5. The van der Waals surface area contributed by atoms with Crippen LogP contribution < -0.4 is 5.73 Å². The van der Waals surface area contributed by atoms with E-state index in [4.69, 9.17) is 5.73 Å². The molecule has 2 heterocycles. The number of hydrogen-bond donors (Lipinski definition) is 1. The van der Waals surface area contributed by atoms with Gasteiger partial charge in [-0.2, -0.15) is 4.31 Å². The van der Waals surface area contributed by atoms with E-state index in [2.05, 4.69) is 15.9 Å². The standard InChI is InChI=1S/C12H19BrN2O2S2/c1-8-6-11(18-12(8)13)19(16,17)15-5-3-4-10(7-15)9(2)14/h6,9-10H,3-5,7,14H2,1-2H3/t9-,10-/m0/s1.